The maximum Gasteiger partial charge on any atom is 0.286 e. The van der Waals surface area contributed by atoms with E-state index in [0.29, 0.717) is 35.7 Å². The van der Waals surface area contributed by atoms with Gasteiger partial charge in [0.05, 0.1) is 38.0 Å². The summed E-state index contributed by atoms with van der Waals surface area (Å²) in [7, 11) is 0.911. The van der Waals surface area contributed by atoms with Crippen molar-refractivity contribution in [3.63, 3.8) is 0 Å². The quantitative estimate of drug-likeness (QED) is 0.136. The van der Waals surface area contributed by atoms with Crippen molar-refractivity contribution in [3.8, 4) is 17.2 Å². The summed E-state index contributed by atoms with van der Waals surface area (Å²) in [5.74, 6) is 0.178. The molecule has 54 heavy (non-hydrogen) atoms. The fourth-order valence-corrected chi connectivity index (χ4v) is 8.09. The molecule has 286 valence electrons. The van der Waals surface area contributed by atoms with E-state index in [4.69, 9.17) is 18.9 Å². The number of nitrogens with zero attached hydrogens (tertiary/aromatic N) is 3. The third-order valence-electron chi connectivity index (χ3n) is 9.60. The van der Waals surface area contributed by atoms with Gasteiger partial charge in [-0.25, -0.2) is 13.1 Å². The molecule has 0 bridgehead atoms. The highest BCUT2D eigenvalue weighted by Gasteiger charge is 2.33. The number of sulfonamides is 1. The van der Waals surface area contributed by atoms with Gasteiger partial charge in [-0.1, -0.05) is 18.2 Å². The van der Waals surface area contributed by atoms with Crippen LogP contribution in [0.2, 0.25) is 0 Å². The number of rotatable bonds is 16. The molecule has 0 aliphatic carbocycles. The largest absolute Gasteiger partial charge is 0.497 e. The number of H-pyrrole nitrogens is 1. The summed E-state index contributed by atoms with van der Waals surface area (Å²) >= 11 is 0. The molecule has 0 radical (unpaired) electrons. The Balaban J connectivity index is 1.22. The van der Waals surface area contributed by atoms with Crippen molar-refractivity contribution in [2.24, 2.45) is 7.05 Å². The molecule has 1 amide bonds. The number of nitrogens with one attached hydrogen (secondary N) is 2. The van der Waals surface area contributed by atoms with Gasteiger partial charge in [-0.2, -0.15) is 4.31 Å². The number of ether oxygens (including phenoxy) is 4. The summed E-state index contributed by atoms with van der Waals surface area (Å²) in [4.78, 5) is 31.0. The van der Waals surface area contributed by atoms with Gasteiger partial charge in [0.2, 0.25) is 16.3 Å². The molecule has 0 spiro atoms. The van der Waals surface area contributed by atoms with E-state index in [2.05, 4.69) is 10.3 Å². The zero-order valence-electron chi connectivity index (χ0n) is 30.7. The number of aliphatic hydroxyl groups excluding tert-OH is 1. The van der Waals surface area contributed by atoms with Crippen molar-refractivity contribution in [2.75, 3.05) is 47.1 Å². The number of aromatic nitrogens is 3. The first-order valence-corrected chi connectivity index (χ1v) is 19.0. The van der Waals surface area contributed by atoms with Gasteiger partial charge in [0.25, 0.3) is 11.5 Å². The average molecular weight is 760 g/mol. The van der Waals surface area contributed by atoms with Gasteiger partial charge in [-0.3, -0.25) is 14.3 Å². The molecule has 1 aliphatic heterocycles. The van der Waals surface area contributed by atoms with Gasteiger partial charge in [0.15, 0.2) is 5.76 Å². The summed E-state index contributed by atoms with van der Waals surface area (Å²) in [6.07, 6.45) is 3.27. The van der Waals surface area contributed by atoms with E-state index in [0.717, 1.165) is 26.5 Å². The summed E-state index contributed by atoms with van der Waals surface area (Å²) in [5.41, 5.74) is 3.60. The second-order valence-electron chi connectivity index (χ2n) is 12.8. The molecule has 14 nitrogen and oxygen atoms in total. The fourth-order valence-electron chi connectivity index (χ4n) is 6.67. The predicted octanol–water partition coefficient (Wildman–Crippen LogP) is 3.76. The standard InChI is InChI=1S/C39H45N5O9S/c1-26-37(39(47)44(42(26)2)29-8-6-5-7-9-29)28-22-35(38(46)40-17-16-27-25-41-34-15-12-31(51-4)24-33(27)34)53-36(23-28)52-21-19-43(18-20-45)54(48,49)32-13-10-30(50-3)11-14-32/h5-15,22,24-25,28,36,41,45H,16-21,23H2,1-4H3,(H,40,46)/t28-,36+/m0/s1. The van der Waals surface area contributed by atoms with E-state index in [1.165, 1.54) is 19.2 Å². The highest BCUT2D eigenvalue weighted by atomic mass is 32.2. The van der Waals surface area contributed by atoms with Crippen LogP contribution in [-0.4, -0.2) is 91.4 Å². The molecule has 5 aromatic rings. The normalized spacial score (nSPS) is 15.9. The average Bonchev–Trinajstić information content (AvgIpc) is 3.69. The molecule has 2 atom stereocenters. The van der Waals surface area contributed by atoms with Crippen LogP contribution in [0.3, 0.4) is 0 Å². The van der Waals surface area contributed by atoms with E-state index < -0.39 is 34.7 Å². The van der Waals surface area contributed by atoms with Crippen molar-refractivity contribution in [1.29, 1.82) is 0 Å². The number of amides is 1. The molecule has 0 saturated carbocycles. The van der Waals surface area contributed by atoms with Crippen LogP contribution in [0.25, 0.3) is 16.6 Å². The lowest BCUT2D eigenvalue weighted by Gasteiger charge is -2.29. The lowest BCUT2D eigenvalue weighted by molar-refractivity contribution is -0.146. The number of aliphatic hydroxyl groups is 1. The smallest absolute Gasteiger partial charge is 0.286 e. The Bertz CT molecular complexity index is 2280. The predicted molar refractivity (Wildman–Crippen MR) is 202 cm³/mol. The molecule has 3 N–H and O–H groups in total. The van der Waals surface area contributed by atoms with E-state index in [1.807, 2.05) is 61.7 Å². The first-order chi connectivity index (χ1) is 26.0. The van der Waals surface area contributed by atoms with Crippen LogP contribution in [0, 0.1) is 6.92 Å². The lowest BCUT2D eigenvalue weighted by atomic mass is 9.93. The molecule has 0 saturated heterocycles. The Labute approximate surface area is 313 Å². The zero-order valence-corrected chi connectivity index (χ0v) is 31.5. The number of hydrogen-bond donors (Lipinski definition) is 3. The SMILES string of the molecule is COc1ccc(S(=O)(=O)N(CCO)CCO[C@H]2C[C@@H](c3c(C)n(C)n(-c4ccccc4)c3=O)C=C(C(=O)NCCc3c[nH]c4ccc(OC)cc34)O2)cc1. The van der Waals surface area contributed by atoms with Crippen LogP contribution in [-0.2, 0) is 37.8 Å². The lowest BCUT2D eigenvalue weighted by Crippen LogP contribution is -2.38. The van der Waals surface area contributed by atoms with Gasteiger partial charge < -0.3 is 34.4 Å². The maximum absolute atomic E-state index is 14.0. The van der Waals surface area contributed by atoms with Gasteiger partial charge >= 0.3 is 0 Å². The number of aromatic amines is 1. The molecule has 0 fully saturated rings. The molecular weight excluding hydrogens is 715 g/mol. The van der Waals surface area contributed by atoms with Crippen molar-refractivity contribution in [1.82, 2.24) is 24.0 Å². The Morgan fingerprint density at radius 1 is 1.04 bits per heavy atom. The number of fused-ring (bicyclic) bond motifs is 1. The number of carbonyl (C=O) groups excluding carboxylic acids is 1. The minimum Gasteiger partial charge on any atom is -0.497 e. The summed E-state index contributed by atoms with van der Waals surface area (Å²) in [6.45, 7) is 1.36. The number of benzene rings is 3. The molecule has 6 rings (SSSR count). The third-order valence-corrected chi connectivity index (χ3v) is 11.5. The monoisotopic (exact) mass is 759 g/mol. The van der Waals surface area contributed by atoms with Crippen LogP contribution in [0.1, 0.15) is 29.2 Å². The van der Waals surface area contributed by atoms with Crippen LogP contribution in [0.15, 0.2) is 101 Å². The second-order valence-corrected chi connectivity index (χ2v) is 14.7. The Morgan fingerprint density at radius 3 is 2.46 bits per heavy atom. The van der Waals surface area contributed by atoms with Gasteiger partial charge in [0.1, 0.15) is 11.5 Å². The molecule has 3 aromatic carbocycles. The van der Waals surface area contributed by atoms with Crippen molar-refractivity contribution >= 4 is 26.8 Å². The Kier molecular flexibility index (Phi) is 11.9. The highest BCUT2D eigenvalue weighted by Crippen LogP contribution is 2.32. The van der Waals surface area contributed by atoms with Crippen LogP contribution >= 0.6 is 0 Å². The van der Waals surface area contributed by atoms with Gasteiger partial charge in [0, 0.05) is 67.4 Å². The van der Waals surface area contributed by atoms with Gasteiger partial charge in [-0.15, -0.1) is 0 Å². The molecule has 15 heteroatoms. The van der Waals surface area contributed by atoms with E-state index in [-0.39, 0.29) is 42.3 Å². The second kappa shape index (κ2) is 16.8. The number of allylic oxidation sites excluding steroid dienone is 1. The topological polar surface area (TPSA) is 166 Å². The molecule has 0 unspecified atom stereocenters. The third kappa shape index (κ3) is 8.09. The summed E-state index contributed by atoms with van der Waals surface area (Å²) in [6, 6.07) is 21.0. The minimum absolute atomic E-state index is 0.0103. The molecule has 3 heterocycles. The first-order valence-electron chi connectivity index (χ1n) is 17.6. The van der Waals surface area contributed by atoms with Crippen molar-refractivity contribution < 1.29 is 37.3 Å². The maximum atomic E-state index is 14.0. The van der Waals surface area contributed by atoms with E-state index >= 15 is 0 Å². The van der Waals surface area contributed by atoms with Crippen LogP contribution in [0.4, 0.5) is 0 Å². The fraction of sp³-hybridized carbons (Fsp3) is 0.333. The summed E-state index contributed by atoms with van der Waals surface area (Å²) in [5, 5.41) is 13.6. The van der Waals surface area contributed by atoms with Crippen molar-refractivity contribution in [3.05, 3.63) is 118 Å². The molecule has 2 aromatic heterocycles. The van der Waals surface area contributed by atoms with Gasteiger partial charge in [-0.05, 0) is 79.6 Å². The van der Waals surface area contributed by atoms with E-state index in [9.17, 15) is 23.1 Å². The molecular formula is C39H45N5O9S. The minimum atomic E-state index is -3.99. The van der Waals surface area contributed by atoms with Crippen LogP contribution in [0.5, 0.6) is 11.5 Å². The van der Waals surface area contributed by atoms with E-state index in [1.54, 1.807) is 41.7 Å². The highest BCUT2D eigenvalue weighted by molar-refractivity contribution is 7.89. The Hall–Kier alpha value is -5.35. The number of hydrogen-bond acceptors (Lipinski definition) is 9. The van der Waals surface area contributed by atoms with Crippen molar-refractivity contribution in [2.45, 2.75) is 36.9 Å². The molecule has 1 aliphatic rings. The summed E-state index contributed by atoms with van der Waals surface area (Å²) < 4.78 is 54.2. The van der Waals surface area contributed by atoms with Crippen LogP contribution < -0.4 is 20.3 Å². The Morgan fingerprint density at radius 2 is 1.76 bits per heavy atom. The first kappa shape index (κ1) is 38.4. The number of para-hydroxylation sites is 1. The number of carbonyl (C=O) groups is 1. The zero-order chi connectivity index (χ0) is 38.4. The number of methoxy groups -OCH3 is 2.